The summed E-state index contributed by atoms with van der Waals surface area (Å²) in [7, 11) is 0. The zero-order valence-electron chi connectivity index (χ0n) is 11.8. The van der Waals surface area contributed by atoms with Gasteiger partial charge in [-0.3, -0.25) is 0 Å². The van der Waals surface area contributed by atoms with Crippen LogP contribution in [0.2, 0.25) is 0 Å². The Morgan fingerprint density at radius 1 is 1.26 bits per heavy atom. The van der Waals surface area contributed by atoms with Gasteiger partial charge in [0.05, 0.1) is 6.10 Å². The van der Waals surface area contributed by atoms with E-state index in [0.29, 0.717) is 11.3 Å². The lowest BCUT2D eigenvalue weighted by atomic mass is 9.54. The van der Waals surface area contributed by atoms with E-state index in [0.717, 1.165) is 30.6 Å². The Kier molecular flexibility index (Phi) is 2.57. The fourth-order valence-corrected chi connectivity index (χ4v) is 5.56. The first-order valence-electron chi connectivity index (χ1n) is 7.90. The van der Waals surface area contributed by atoms with Crippen LogP contribution in [0.5, 0.6) is 0 Å². The molecule has 19 heavy (non-hydrogen) atoms. The van der Waals surface area contributed by atoms with Crippen LogP contribution in [0, 0.1) is 29.1 Å². The van der Waals surface area contributed by atoms with Gasteiger partial charge in [-0.05, 0) is 60.8 Å². The summed E-state index contributed by atoms with van der Waals surface area (Å²) in [6.07, 6.45) is 17.5. The molecule has 102 valence electrons. The number of hydrogen-bond donors (Lipinski definition) is 1. The molecule has 0 radical (unpaired) electrons. The molecule has 0 amide bonds. The summed E-state index contributed by atoms with van der Waals surface area (Å²) >= 11 is 0. The second-order valence-corrected chi connectivity index (χ2v) is 7.43. The summed E-state index contributed by atoms with van der Waals surface area (Å²) in [4.78, 5) is 0. The van der Waals surface area contributed by atoms with E-state index in [9.17, 15) is 5.11 Å². The minimum Gasteiger partial charge on any atom is -0.393 e. The maximum atomic E-state index is 10.1. The Morgan fingerprint density at radius 3 is 3.05 bits per heavy atom. The van der Waals surface area contributed by atoms with Crippen LogP contribution < -0.4 is 0 Å². The molecule has 0 aromatic rings. The lowest BCUT2D eigenvalue weighted by Gasteiger charge is -2.50. The van der Waals surface area contributed by atoms with Crippen molar-refractivity contribution in [3.05, 3.63) is 36.0 Å². The average molecular weight is 256 g/mol. The topological polar surface area (TPSA) is 20.2 Å². The summed E-state index contributed by atoms with van der Waals surface area (Å²) in [5, 5.41) is 10.1. The lowest BCUT2D eigenvalue weighted by Crippen LogP contribution is -2.42. The van der Waals surface area contributed by atoms with Gasteiger partial charge in [0.2, 0.25) is 0 Å². The Labute approximate surface area is 116 Å². The van der Waals surface area contributed by atoms with Gasteiger partial charge in [-0.15, -0.1) is 0 Å². The maximum absolute atomic E-state index is 10.1. The van der Waals surface area contributed by atoms with E-state index in [1.807, 2.05) is 0 Å². The van der Waals surface area contributed by atoms with Crippen LogP contribution in [-0.4, -0.2) is 11.2 Å². The number of aliphatic hydroxyl groups excluding tert-OH is 1. The summed E-state index contributed by atoms with van der Waals surface area (Å²) in [6.45, 7) is 2.43. The van der Waals surface area contributed by atoms with Crippen molar-refractivity contribution in [1.82, 2.24) is 0 Å². The molecule has 6 atom stereocenters. The molecule has 0 saturated heterocycles. The first-order valence-corrected chi connectivity index (χ1v) is 7.90. The molecule has 1 heteroatoms. The highest BCUT2D eigenvalue weighted by molar-refractivity contribution is 5.36. The molecule has 4 rings (SSSR count). The van der Waals surface area contributed by atoms with Crippen LogP contribution in [0.15, 0.2) is 36.0 Å². The van der Waals surface area contributed by atoms with Crippen LogP contribution in [0.3, 0.4) is 0 Å². The van der Waals surface area contributed by atoms with Crippen molar-refractivity contribution < 1.29 is 5.11 Å². The van der Waals surface area contributed by atoms with Crippen molar-refractivity contribution in [2.75, 3.05) is 0 Å². The fourth-order valence-electron chi connectivity index (χ4n) is 5.56. The largest absolute Gasteiger partial charge is 0.393 e. The second kappa shape index (κ2) is 4.09. The predicted octanol–water partition coefficient (Wildman–Crippen LogP) is 3.86. The van der Waals surface area contributed by atoms with Crippen molar-refractivity contribution in [3.8, 4) is 0 Å². The van der Waals surface area contributed by atoms with Crippen molar-refractivity contribution >= 4 is 0 Å². The van der Waals surface area contributed by atoms with Gasteiger partial charge < -0.3 is 5.11 Å². The van der Waals surface area contributed by atoms with Crippen molar-refractivity contribution in [2.45, 2.75) is 45.1 Å². The van der Waals surface area contributed by atoms with Crippen LogP contribution in [0.1, 0.15) is 39.0 Å². The van der Waals surface area contributed by atoms with Crippen LogP contribution in [-0.2, 0) is 0 Å². The third kappa shape index (κ3) is 1.71. The van der Waals surface area contributed by atoms with Crippen molar-refractivity contribution in [3.63, 3.8) is 0 Å². The minimum absolute atomic E-state index is 0.0408. The first-order chi connectivity index (χ1) is 9.17. The molecule has 2 fully saturated rings. The SMILES string of the molecule is C[C@]12CC[C@H]3[C@@H](CC=C4C=CC=C[C@@H]43)[C@@H]1C[C@@H](O)C2. The summed E-state index contributed by atoms with van der Waals surface area (Å²) in [6, 6.07) is 0. The first kappa shape index (κ1) is 12.0. The number of aliphatic hydroxyl groups is 1. The molecule has 0 heterocycles. The molecular formula is C18H24O. The van der Waals surface area contributed by atoms with Gasteiger partial charge in [-0.2, -0.15) is 0 Å². The lowest BCUT2D eigenvalue weighted by molar-refractivity contribution is 0.0246. The average Bonchev–Trinajstić information content (AvgIpc) is 2.73. The van der Waals surface area contributed by atoms with Gasteiger partial charge in [-0.1, -0.05) is 37.3 Å². The van der Waals surface area contributed by atoms with Gasteiger partial charge in [0.1, 0.15) is 0 Å². The van der Waals surface area contributed by atoms with Gasteiger partial charge in [0.15, 0.2) is 0 Å². The molecule has 0 aliphatic heterocycles. The molecule has 2 saturated carbocycles. The van der Waals surface area contributed by atoms with E-state index in [-0.39, 0.29) is 6.10 Å². The molecule has 0 bridgehead atoms. The fraction of sp³-hybridized carbons (Fsp3) is 0.667. The van der Waals surface area contributed by atoms with E-state index in [1.54, 1.807) is 5.57 Å². The normalized spacial score (nSPS) is 51.3. The highest BCUT2D eigenvalue weighted by Gasteiger charge is 2.53. The molecular weight excluding hydrogens is 232 g/mol. The molecule has 1 nitrogen and oxygen atoms in total. The third-order valence-corrected chi connectivity index (χ3v) is 6.43. The molecule has 0 spiro atoms. The van der Waals surface area contributed by atoms with E-state index in [1.165, 1.54) is 19.3 Å². The Morgan fingerprint density at radius 2 is 2.16 bits per heavy atom. The Balaban J connectivity index is 1.68. The predicted molar refractivity (Wildman–Crippen MR) is 77.5 cm³/mol. The third-order valence-electron chi connectivity index (χ3n) is 6.43. The van der Waals surface area contributed by atoms with Crippen LogP contribution >= 0.6 is 0 Å². The number of hydrogen-bond acceptors (Lipinski definition) is 1. The van der Waals surface area contributed by atoms with Gasteiger partial charge in [0, 0.05) is 5.92 Å². The zero-order chi connectivity index (χ0) is 13.0. The quantitative estimate of drug-likeness (QED) is 0.697. The Bertz CT molecular complexity index is 472. The van der Waals surface area contributed by atoms with Gasteiger partial charge in [-0.25, -0.2) is 0 Å². The van der Waals surface area contributed by atoms with E-state index < -0.39 is 0 Å². The van der Waals surface area contributed by atoms with E-state index in [4.69, 9.17) is 0 Å². The summed E-state index contributed by atoms with van der Waals surface area (Å²) in [5.41, 5.74) is 1.96. The molecule has 0 aromatic heterocycles. The molecule has 0 aromatic carbocycles. The molecule has 0 unspecified atom stereocenters. The maximum Gasteiger partial charge on any atom is 0.0548 e. The highest BCUT2D eigenvalue weighted by Crippen LogP contribution is 2.60. The Hall–Kier alpha value is -0.820. The smallest absolute Gasteiger partial charge is 0.0548 e. The summed E-state index contributed by atoms with van der Waals surface area (Å²) < 4.78 is 0. The minimum atomic E-state index is -0.0408. The van der Waals surface area contributed by atoms with Gasteiger partial charge >= 0.3 is 0 Å². The molecule has 1 N–H and O–H groups in total. The molecule has 4 aliphatic carbocycles. The number of fused-ring (bicyclic) bond motifs is 5. The van der Waals surface area contributed by atoms with Gasteiger partial charge in [0.25, 0.3) is 0 Å². The van der Waals surface area contributed by atoms with Crippen LogP contribution in [0.4, 0.5) is 0 Å². The number of allylic oxidation sites excluding steroid dienone is 6. The van der Waals surface area contributed by atoms with Crippen molar-refractivity contribution in [1.29, 1.82) is 0 Å². The van der Waals surface area contributed by atoms with Crippen LogP contribution in [0.25, 0.3) is 0 Å². The number of rotatable bonds is 0. The van der Waals surface area contributed by atoms with E-state index >= 15 is 0 Å². The second-order valence-electron chi connectivity index (χ2n) is 7.43. The summed E-state index contributed by atoms with van der Waals surface area (Å²) in [5.74, 6) is 3.04. The highest BCUT2D eigenvalue weighted by atomic mass is 16.3. The molecule has 4 aliphatic rings. The van der Waals surface area contributed by atoms with Crippen molar-refractivity contribution in [2.24, 2.45) is 29.1 Å². The zero-order valence-corrected chi connectivity index (χ0v) is 11.8. The van der Waals surface area contributed by atoms with E-state index in [2.05, 4.69) is 37.3 Å². The monoisotopic (exact) mass is 256 g/mol. The standard InChI is InChI=1S/C18H24O/c1-18-9-8-15-14-5-3-2-4-12(14)6-7-16(15)17(18)10-13(19)11-18/h2-6,13-17,19H,7-11H2,1H3/t13-,14+,15-,16-,17+,18-/m1/s1.